The van der Waals surface area contributed by atoms with Crippen LogP contribution in [0.1, 0.15) is 12.5 Å². The molecule has 1 atom stereocenters. The van der Waals surface area contributed by atoms with Crippen molar-refractivity contribution in [2.45, 2.75) is 13.0 Å². The first-order valence-electron chi connectivity index (χ1n) is 6.57. The van der Waals surface area contributed by atoms with E-state index < -0.39 is 5.82 Å². The van der Waals surface area contributed by atoms with Crippen LogP contribution in [0.4, 0.5) is 10.1 Å². The molecule has 118 valence electrons. The quantitative estimate of drug-likeness (QED) is 0.328. The molecular formula is C14H22FN3O3. The van der Waals surface area contributed by atoms with Crippen molar-refractivity contribution in [1.29, 1.82) is 0 Å². The number of nitrogens with two attached hydrogens (primary N) is 1. The first kappa shape index (κ1) is 17.2. The molecule has 1 aromatic rings. The molecule has 21 heavy (non-hydrogen) atoms. The summed E-state index contributed by atoms with van der Waals surface area (Å²) in [4.78, 5) is 1.97. The van der Waals surface area contributed by atoms with E-state index >= 15 is 0 Å². The Bertz CT molecular complexity index is 483. The third kappa shape index (κ3) is 4.57. The minimum atomic E-state index is -0.452. The molecule has 0 saturated heterocycles. The van der Waals surface area contributed by atoms with Gasteiger partial charge in [0.15, 0.2) is 5.84 Å². The summed E-state index contributed by atoms with van der Waals surface area (Å²) in [5.74, 6) is -0.594. The van der Waals surface area contributed by atoms with Gasteiger partial charge >= 0.3 is 0 Å². The van der Waals surface area contributed by atoms with Gasteiger partial charge in [-0.05, 0) is 25.1 Å². The third-order valence-electron chi connectivity index (χ3n) is 3.13. The van der Waals surface area contributed by atoms with Crippen molar-refractivity contribution in [3.8, 4) is 0 Å². The van der Waals surface area contributed by atoms with Gasteiger partial charge < -0.3 is 25.3 Å². The van der Waals surface area contributed by atoms with Gasteiger partial charge in [-0.3, -0.25) is 0 Å². The Hall–Kier alpha value is -1.86. The van der Waals surface area contributed by atoms with Gasteiger partial charge in [0, 0.05) is 38.1 Å². The molecule has 0 aliphatic heterocycles. The predicted molar refractivity (Wildman–Crippen MR) is 79.5 cm³/mol. The van der Waals surface area contributed by atoms with E-state index in [1.165, 1.54) is 12.1 Å². The van der Waals surface area contributed by atoms with E-state index in [0.29, 0.717) is 31.0 Å². The molecule has 0 amide bonds. The van der Waals surface area contributed by atoms with Gasteiger partial charge in [0.1, 0.15) is 5.82 Å². The SMILES string of the molecule is COCCN(c1ccc(F)cc1C(N)=NO)C(C)COC. The molecule has 0 radical (unpaired) electrons. The fourth-order valence-corrected chi connectivity index (χ4v) is 2.12. The Morgan fingerprint density at radius 2 is 2.14 bits per heavy atom. The molecular weight excluding hydrogens is 277 g/mol. The van der Waals surface area contributed by atoms with Gasteiger partial charge in [0.25, 0.3) is 0 Å². The van der Waals surface area contributed by atoms with Crippen molar-refractivity contribution in [2.75, 3.05) is 38.9 Å². The highest BCUT2D eigenvalue weighted by atomic mass is 19.1. The molecule has 0 heterocycles. The molecule has 6 nitrogen and oxygen atoms in total. The number of benzene rings is 1. The average Bonchev–Trinajstić information content (AvgIpc) is 2.48. The summed E-state index contributed by atoms with van der Waals surface area (Å²) in [7, 11) is 3.22. The van der Waals surface area contributed by atoms with Gasteiger partial charge in [-0.25, -0.2) is 4.39 Å². The van der Waals surface area contributed by atoms with Crippen LogP contribution in [0, 0.1) is 5.82 Å². The number of nitrogens with zero attached hydrogens (tertiary/aromatic N) is 2. The van der Waals surface area contributed by atoms with Gasteiger partial charge in [-0.2, -0.15) is 0 Å². The van der Waals surface area contributed by atoms with Crippen LogP contribution in [0.2, 0.25) is 0 Å². The fourth-order valence-electron chi connectivity index (χ4n) is 2.12. The fraction of sp³-hybridized carbons (Fsp3) is 0.500. The second kappa shape index (κ2) is 8.43. The van der Waals surface area contributed by atoms with Crippen LogP contribution in [-0.4, -0.2) is 51.1 Å². The molecule has 0 fully saturated rings. The number of ether oxygens (including phenoxy) is 2. The van der Waals surface area contributed by atoms with Crippen molar-refractivity contribution in [2.24, 2.45) is 10.9 Å². The summed E-state index contributed by atoms with van der Waals surface area (Å²) in [5.41, 5.74) is 6.64. The molecule has 0 aliphatic rings. The molecule has 0 aliphatic carbocycles. The zero-order valence-corrected chi connectivity index (χ0v) is 12.5. The first-order chi connectivity index (χ1) is 10.0. The lowest BCUT2D eigenvalue weighted by atomic mass is 10.1. The normalized spacial score (nSPS) is 13.2. The summed E-state index contributed by atoms with van der Waals surface area (Å²) in [6.45, 7) is 3.51. The summed E-state index contributed by atoms with van der Waals surface area (Å²) in [6, 6.07) is 4.19. The Kier molecular flexibility index (Phi) is 6.90. The number of amidine groups is 1. The molecule has 3 N–H and O–H groups in total. The van der Waals surface area contributed by atoms with Crippen LogP contribution in [0.25, 0.3) is 0 Å². The van der Waals surface area contributed by atoms with Gasteiger partial charge in [0.2, 0.25) is 0 Å². The number of halogens is 1. The molecule has 0 spiro atoms. The van der Waals surface area contributed by atoms with Crippen molar-refractivity contribution in [1.82, 2.24) is 0 Å². The van der Waals surface area contributed by atoms with Crippen LogP contribution < -0.4 is 10.6 Å². The maximum atomic E-state index is 13.4. The van der Waals surface area contributed by atoms with Crippen molar-refractivity contribution in [3.63, 3.8) is 0 Å². The number of hydrogen-bond acceptors (Lipinski definition) is 5. The Morgan fingerprint density at radius 3 is 2.71 bits per heavy atom. The topological polar surface area (TPSA) is 80.3 Å². The summed E-state index contributed by atoms with van der Waals surface area (Å²) in [5, 5.41) is 11.8. The number of methoxy groups -OCH3 is 2. The van der Waals surface area contributed by atoms with Crippen LogP contribution in [0.3, 0.4) is 0 Å². The summed E-state index contributed by atoms with van der Waals surface area (Å²) < 4.78 is 23.7. The van der Waals surface area contributed by atoms with E-state index in [4.69, 9.17) is 20.4 Å². The average molecular weight is 299 g/mol. The lowest BCUT2D eigenvalue weighted by molar-refractivity contribution is 0.171. The molecule has 1 unspecified atom stereocenters. The van der Waals surface area contributed by atoms with Gasteiger partial charge in [-0.15, -0.1) is 0 Å². The Labute approximate surface area is 123 Å². The van der Waals surface area contributed by atoms with E-state index in [1.807, 2.05) is 11.8 Å². The van der Waals surface area contributed by atoms with E-state index in [1.54, 1.807) is 20.3 Å². The van der Waals surface area contributed by atoms with Crippen LogP contribution in [0.5, 0.6) is 0 Å². The van der Waals surface area contributed by atoms with Gasteiger partial charge in [0.05, 0.1) is 13.2 Å². The molecule has 0 aromatic heterocycles. The lowest BCUT2D eigenvalue weighted by Gasteiger charge is -2.32. The second-order valence-electron chi connectivity index (χ2n) is 4.64. The molecule has 1 rings (SSSR count). The second-order valence-corrected chi connectivity index (χ2v) is 4.64. The van der Waals surface area contributed by atoms with E-state index in [-0.39, 0.29) is 11.9 Å². The van der Waals surface area contributed by atoms with Crippen molar-refractivity contribution < 1.29 is 19.1 Å². The van der Waals surface area contributed by atoms with Crippen LogP contribution >= 0.6 is 0 Å². The molecule has 0 saturated carbocycles. The Balaban J connectivity index is 3.22. The lowest BCUT2D eigenvalue weighted by Crippen LogP contribution is -2.40. The number of oxime groups is 1. The number of rotatable bonds is 8. The highest BCUT2D eigenvalue weighted by molar-refractivity contribution is 6.02. The number of hydrogen-bond donors (Lipinski definition) is 2. The third-order valence-corrected chi connectivity index (χ3v) is 3.13. The highest BCUT2D eigenvalue weighted by Gasteiger charge is 2.19. The molecule has 7 heteroatoms. The maximum absolute atomic E-state index is 13.4. The van der Waals surface area contributed by atoms with Crippen molar-refractivity contribution >= 4 is 11.5 Å². The minimum Gasteiger partial charge on any atom is -0.409 e. The highest BCUT2D eigenvalue weighted by Crippen LogP contribution is 2.24. The van der Waals surface area contributed by atoms with Crippen LogP contribution in [-0.2, 0) is 9.47 Å². The summed E-state index contributed by atoms with van der Waals surface area (Å²) in [6.07, 6.45) is 0. The Morgan fingerprint density at radius 1 is 1.43 bits per heavy atom. The molecule has 1 aromatic carbocycles. The van der Waals surface area contributed by atoms with Crippen LogP contribution in [0.15, 0.2) is 23.4 Å². The number of anilines is 1. The zero-order valence-electron chi connectivity index (χ0n) is 12.5. The predicted octanol–water partition coefficient (Wildman–Crippen LogP) is 1.41. The van der Waals surface area contributed by atoms with Gasteiger partial charge in [-0.1, -0.05) is 5.16 Å². The monoisotopic (exact) mass is 299 g/mol. The van der Waals surface area contributed by atoms with E-state index in [9.17, 15) is 4.39 Å². The smallest absolute Gasteiger partial charge is 0.172 e. The van der Waals surface area contributed by atoms with E-state index in [2.05, 4.69) is 5.16 Å². The summed E-state index contributed by atoms with van der Waals surface area (Å²) >= 11 is 0. The van der Waals surface area contributed by atoms with E-state index in [0.717, 1.165) is 0 Å². The maximum Gasteiger partial charge on any atom is 0.172 e. The first-order valence-corrected chi connectivity index (χ1v) is 6.57. The largest absolute Gasteiger partial charge is 0.409 e. The zero-order chi connectivity index (χ0) is 15.8. The minimum absolute atomic E-state index is 0.0147. The van der Waals surface area contributed by atoms with Crippen molar-refractivity contribution in [3.05, 3.63) is 29.6 Å². The standard InChI is InChI=1S/C14H22FN3O3/c1-10(9-21-3)18(6-7-20-2)13-5-4-11(15)8-12(13)14(16)17-19/h4-5,8,10,19H,6-7,9H2,1-3H3,(H2,16,17). The molecule has 0 bridgehead atoms.